The van der Waals surface area contributed by atoms with Crippen LogP contribution in [0.5, 0.6) is 0 Å². The van der Waals surface area contributed by atoms with Crippen molar-refractivity contribution in [1.82, 2.24) is 4.90 Å². The van der Waals surface area contributed by atoms with Crippen LogP contribution < -0.4 is 0 Å². The van der Waals surface area contributed by atoms with E-state index in [0.717, 1.165) is 17.0 Å². The topological polar surface area (TPSA) is 15.6 Å². The molecule has 0 N–H and O–H groups in total. The zero-order chi connectivity index (χ0) is 13.6. The minimum Gasteiger partial charge on any atom is -0.371 e. The number of nitrogens with zero attached hydrogens (tertiary/aromatic N) is 2. The van der Waals surface area contributed by atoms with Gasteiger partial charge in [0.05, 0.1) is 11.4 Å². The summed E-state index contributed by atoms with van der Waals surface area (Å²) in [4.78, 5) is 6.50. The summed E-state index contributed by atoms with van der Waals surface area (Å²) in [6, 6.07) is 0.408. The highest BCUT2D eigenvalue weighted by atomic mass is 15.1. The largest absolute Gasteiger partial charge is 0.371 e. The zero-order valence-corrected chi connectivity index (χ0v) is 12.1. The van der Waals surface area contributed by atoms with Crippen LogP contribution in [0.2, 0.25) is 0 Å². The van der Waals surface area contributed by atoms with Crippen LogP contribution in [0.3, 0.4) is 0 Å². The van der Waals surface area contributed by atoms with Crippen LogP contribution in [0.25, 0.3) is 0 Å². The van der Waals surface area contributed by atoms with Crippen molar-refractivity contribution in [2.45, 2.75) is 40.7 Å². The van der Waals surface area contributed by atoms with Crippen molar-refractivity contribution >= 4 is 6.21 Å². The monoisotopic (exact) mass is 234 g/mol. The van der Waals surface area contributed by atoms with Crippen LogP contribution in [0, 0.1) is 5.92 Å². The first-order chi connectivity index (χ1) is 7.81. The van der Waals surface area contributed by atoms with Crippen molar-refractivity contribution in [3.63, 3.8) is 0 Å². The Morgan fingerprint density at radius 1 is 1.18 bits per heavy atom. The SMILES string of the molecule is C=C(/C=C(\N=CC)C(=C)N(C)C(C)C)C(C)C. The van der Waals surface area contributed by atoms with Gasteiger partial charge >= 0.3 is 0 Å². The van der Waals surface area contributed by atoms with Crippen molar-refractivity contribution in [3.05, 3.63) is 36.2 Å². The molecule has 0 radical (unpaired) electrons. The molecule has 0 aliphatic heterocycles. The first kappa shape index (κ1) is 15.7. The lowest BCUT2D eigenvalue weighted by molar-refractivity contribution is 0.351. The van der Waals surface area contributed by atoms with Crippen molar-refractivity contribution < 1.29 is 0 Å². The average molecular weight is 234 g/mol. The number of allylic oxidation sites excluding steroid dienone is 2. The van der Waals surface area contributed by atoms with Gasteiger partial charge < -0.3 is 4.90 Å². The minimum absolute atomic E-state index is 0.408. The maximum Gasteiger partial charge on any atom is 0.0855 e. The summed E-state index contributed by atoms with van der Waals surface area (Å²) >= 11 is 0. The summed E-state index contributed by atoms with van der Waals surface area (Å²) < 4.78 is 0. The van der Waals surface area contributed by atoms with E-state index in [2.05, 4.69) is 50.7 Å². The molecule has 0 bridgehead atoms. The summed E-state index contributed by atoms with van der Waals surface area (Å²) in [5.41, 5.74) is 2.89. The van der Waals surface area contributed by atoms with Gasteiger partial charge in [0.25, 0.3) is 0 Å². The van der Waals surface area contributed by atoms with Crippen molar-refractivity contribution in [3.8, 4) is 0 Å². The summed E-state index contributed by atoms with van der Waals surface area (Å²) in [6.07, 6.45) is 3.81. The first-order valence-electron chi connectivity index (χ1n) is 6.12. The lowest BCUT2D eigenvalue weighted by Crippen LogP contribution is -2.25. The molecule has 0 unspecified atom stereocenters. The summed E-state index contributed by atoms with van der Waals surface area (Å²) in [6.45, 7) is 18.6. The Bertz CT molecular complexity index is 333. The molecule has 0 aromatic carbocycles. The third-order valence-corrected chi connectivity index (χ3v) is 2.83. The lowest BCUT2D eigenvalue weighted by Gasteiger charge is -2.26. The smallest absolute Gasteiger partial charge is 0.0855 e. The van der Waals surface area contributed by atoms with Gasteiger partial charge in [-0.25, -0.2) is 0 Å². The van der Waals surface area contributed by atoms with E-state index < -0.39 is 0 Å². The number of hydrogen-bond acceptors (Lipinski definition) is 2. The zero-order valence-electron chi connectivity index (χ0n) is 12.1. The molecule has 0 aliphatic carbocycles. The van der Waals surface area contributed by atoms with Gasteiger partial charge in [-0.15, -0.1) is 0 Å². The molecule has 0 fully saturated rings. The summed E-state index contributed by atoms with van der Waals surface area (Å²) in [5, 5.41) is 0. The molecule has 96 valence electrons. The Hall–Kier alpha value is -1.31. The van der Waals surface area contributed by atoms with E-state index in [9.17, 15) is 0 Å². The van der Waals surface area contributed by atoms with Gasteiger partial charge in [0, 0.05) is 19.3 Å². The molecular formula is C15H26N2. The molecular weight excluding hydrogens is 208 g/mol. The maximum atomic E-state index is 4.38. The molecule has 2 heteroatoms. The van der Waals surface area contributed by atoms with Crippen LogP contribution in [0.4, 0.5) is 0 Å². The van der Waals surface area contributed by atoms with Crippen LogP contribution in [0.15, 0.2) is 41.2 Å². The third kappa shape index (κ3) is 5.03. The van der Waals surface area contributed by atoms with Crippen molar-refractivity contribution in [2.24, 2.45) is 10.9 Å². The maximum absolute atomic E-state index is 4.38. The molecule has 0 rings (SSSR count). The van der Waals surface area contributed by atoms with Crippen LogP contribution in [-0.4, -0.2) is 24.2 Å². The fraction of sp³-hybridized carbons (Fsp3) is 0.533. The molecule has 0 atom stereocenters. The van der Waals surface area contributed by atoms with Crippen LogP contribution >= 0.6 is 0 Å². The highest BCUT2D eigenvalue weighted by molar-refractivity contribution is 5.57. The predicted octanol–water partition coefficient (Wildman–Crippen LogP) is 4.03. The quantitative estimate of drug-likeness (QED) is 0.500. The van der Waals surface area contributed by atoms with E-state index in [1.807, 2.05) is 20.0 Å². The van der Waals surface area contributed by atoms with Gasteiger partial charge in [-0.3, -0.25) is 4.99 Å². The average Bonchev–Trinajstić information content (AvgIpc) is 2.25. The second kappa shape index (κ2) is 7.10. The molecule has 2 nitrogen and oxygen atoms in total. The summed E-state index contributed by atoms with van der Waals surface area (Å²) in [5.74, 6) is 0.425. The van der Waals surface area contributed by atoms with Crippen molar-refractivity contribution in [2.75, 3.05) is 7.05 Å². The van der Waals surface area contributed by atoms with E-state index in [4.69, 9.17) is 0 Å². The number of hydrogen-bond donors (Lipinski definition) is 0. The highest BCUT2D eigenvalue weighted by Gasteiger charge is 2.10. The Labute approximate surface area is 106 Å². The predicted molar refractivity (Wildman–Crippen MR) is 78.3 cm³/mol. The van der Waals surface area contributed by atoms with Gasteiger partial charge in [0.2, 0.25) is 0 Å². The first-order valence-corrected chi connectivity index (χ1v) is 6.12. The number of likely N-dealkylation sites (N-methyl/N-ethyl adjacent to an activating group) is 1. The van der Waals surface area contributed by atoms with Gasteiger partial charge in [0.15, 0.2) is 0 Å². The van der Waals surface area contributed by atoms with Gasteiger partial charge in [-0.05, 0) is 32.8 Å². The fourth-order valence-electron chi connectivity index (χ4n) is 1.17. The Morgan fingerprint density at radius 2 is 1.71 bits per heavy atom. The van der Waals surface area contributed by atoms with Gasteiger partial charge in [0.1, 0.15) is 0 Å². The Morgan fingerprint density at radius 3 is 2.06 bits per heavy atom. The Balaban J connectivity index is 5.12. The van der Waals surface area contributed by atoms with E-state index in [1.165, 1.54) is 0 Å². The fourth-order valence-corrected chi connectivity index (χ4v) is 1.17. The molecule has 0 spiro atoms. The highest BCUT2D eigenvalue weighted by Crippen LogP contribution is 2.19. The summed E-state index contributed by atoms with van der Waals surface area (Å²) in [7, 11) is 2.03. The second-order valence-corrected chi connectivity index (χ2v) is 4.80. The molecule has 0 aliphatic rings. The lowest BCUT2D eigenvalue weighted by atomic mass is 10.0. The molecule has 17 heavy (non-hydrogen) atoms. The van der Waals surface area contributed by atoms with E-state index >= 15 is 0 Å². The van der Waals surface area contributed by atoms with E-state index in [0.29, 0.717) is 12.0 Å². The molecule has 0 amide bonds. The molecule has 0 saturated carbocycles. The molecule has 0 aromatic rings. The van der Waals surface area contributed by atoms with Crippen LogP contribution in [0.1, 0.15) is 34.6 Å². The minimum atomic E-state index is 0.408. The number of rotatable bonds is 6. The molecule has 0 heterocycles. The van der Waals surface area contributed by atoms with Gasteiger partial charge in [-0.2, -0.15) is 0 Å². The third-order valence-electron chi connectivity index (χ3n) is 2.83. The second-order valence-electron chi connectivity index (χ2n) is 4.80. The number of aliphatic imine (C=N–C) groups is 1. The van der Waals surface area contributed by atoms with E-state index in [-0.39, 0.29) is 0 Å². The normalized spacial score (nSPS) is 12.6. The van der Waals surface area contributed by atoms with E-state index in [1.54, 1.807) is 6.21 Å². The standard InChI is InChI=1S/C15H26N2/c1-9-16-15(10-13(6)11(2)3)14(7)17(8)12(4)5/h9-12H,6-7H2,1-5,8H3/b15-10-,16-9?. The molecule has 0 aromatic heterocycles. The van der Waals surface area contributed by atoms with Gasteiger partial charge in [-0.1, -0.05) is 32.6 Å². The molecule has 0 saturated heterocycles. The van der Waals surface area contributed by atoms with Crippen molar-refractivity contribution in [1.29, 1.82) is 0 Å². The Kier molecular flexibility index (Phi) is 6.55. The van der Waals surface area contributed by atoms with Crippen LogP contribution in [-0.2, 0) is 0 Å².